The van der Waals surface area contributed by atoms with Gasteiger partial charge in [-0.2, -0.15) is 0 Å². The number of nitrogens with zero attached hydrogens (tertiary/aromatic N) is 1. The normalized spacial score (nSPS) is 20.8. The lowest BCUT2D eigenvalue weighted by Gasteiger charge is -2.40. The van der Waals surface area contributed by atoms with Crippen LogP contribution in [0.25, 0.3) is 0 Å². The second kappa shape index (κ2) is 8.84. The second-order valence-electron chi connectivity index (χ2n) is 6.99. The number of methoxy groups -OCH3 is 1. The molecule has 2 unspecified atom stereocenters. The van der Waals surface area contributed by atoms with Gasteiger partial charge in [-0.25, -0.2) is 0 Å². The third-order valence-corrected chi connectivity index (χ3v) is 5.06. The minimum absolute atomic E-state index is 0.179. The number of halogens is 3. The van der Waals surface area contributed by atoms with Crippen LogP contribution >= 0.6 is 0 Å². The minimum Gasteiger partial charge on any atom is -0.496 e. The Labute approximate surface area is 163 Å². The van der Waals surface area contributed by atoms with Gasteiger partial charge in [-0.15, -0.1) is 13.2 Å². The Hall–Kier alpha value is -2.25. The lowest BCUT2D eigenvalue weighted by molar-refractivity contribution is -0.274. The van der Waals surface area contributed by atoms with Gasteiger partial charge in [-0.3, -0.25) is 4.90 Å². The molecule has 152 valence electrons. The highest BCUT2D eigenvalue weighted by atomic mass is 19.4. The summed E-state index contributed by atoms with van der Waals surface area (Å²) in [7, 11) is 3.61. The summed E-state index contributed by atoms with van der Waals surface area (Å²) in [5.41, 5.74) is 1.85. The Morgan fingerprint density at radius 3 is 2.57 bits per heavy atom. The molecule has 2 atom stereocenters. The molecule has 1 heterocycles. The Morgan fingerprint density at radius 2 is 1.89 bits per heavy atom. The number of ether oxygens (including phenoxy) is 2. The maximum absolute atomic E-state index is 12.5. The van der Waals surface area contributed by atoms with Crippen LogP contribution in [0.5, 0.6) is 11.5 Å². The molecule has 0 spiro atoms. The quantitative estimate of drug-likeness (QED) is 0.781. The molecule has 0 aromatic heterocycles. The first-order valence-electron chi connectivity index (χ1n) is 9.28. The third-order valence-electron chi connectivity index (χ3n) is 5.06. The van der Waals surface area contributed by atoms with Gasteiger partial charge in [0, 0.05) is 24.2 Å². The third kappa shape index (κ3) is 5.17. The summed E-state index contributed by atoms with van der Waals surface area (Å²) >= 11 is 0. The molecule has 2 aromatic rings. The van der Waals surface area contributed by atoms with Crippen molar-refractivity contribution in [2.45, 2.75) is 37.8 Å². The Morgan fingerprint density at radius 1 is 1.14 bits per heavy atom. The van der Waals surface area contributed by atoms with E-state index in [4.69, 9.17) is 4.74 Å². The molecule has 1 aliphatic rings. The molecule has 1 fully saturated rings. The van der Waals surface area contributed by atoms with Crippen LogP contribution < -0.4 is 14.8 Å². The maximum Gasteiger partial charge on any atom is 0.573 e. The Bertz CT molecular complexity index is 768. The lowest BCUT2D eigenvalue weighted by Crippen LogP contribution is -2.46. The van der Waals surface area contributed by atoms with Crippen LogP contribution in [0.15, 0.2) is 48.5 Å². The van der Waals surface area contributed by atoms with Gasteiger partial charge in [0.25, 0.3) is 0 Å². The van der Waals surface area contributed by atoms with Crippen LogP contribution in [0.1, 0.15) is 30.0 Å². The SMILES string of the molecule is COc1ccc(OC(F)(F)F)cc1CNC1CCCN(C)C1c1ccccc1. The van der Waals surface area contributed by atoms with E-state index in [1.165, 1.54) is 30.9 Å². The Kier molecular flexibility index (Phi) is 6.46. The van der Waals surface area contributed by atoms with Gasteiger partial charge in [0.1, 0.15) is 11.5 Å². The first-order valence-corrected chi connectivity index (χ1v) is 9.28. The van der Waals surface area contributed by atoms with Crippen LogP contribution in [0.2, 0.25) is 0 Å². The topological polar surface area (TPSA) is 33.7 Å². The highest BCUT2D eigenvalue weighted by Gasteiger charge is 2.32. The summed E-state index contributed by atoms with van der Waals surface area (Å²) in [5.74, 6) is 0.285. The molecule has 1 aliphatic heterocycles. The van der Waals surface area contributed by atoms with E-state index in [1.807, 2.05) is 18.2 Å². The van der Waals surface area contributed by atoms with Gasteiger partial charge >= 0.3 is 6.36 Å². The number of likely N-dealkylation sites (tertiary alicyclic amines) is 1. The van der Waals surface area contributed by atoms with Crippen molar-refractivity contribution in [1.29, 1.82) is 0 Å². The van der Waals surface area contributed by atoms with Crippen LogP contribution in [0.4, 0.5) is 13.2 Å². The van der Waals surface area contributed by atoms with E-state index < -0.39 is 6.36 Å². The summed E-state index contributed by atoms with van der Waals surface area (Å²) in [6.45, 7) is 1.40. The van der Waals surface area contributed by atoms with Crippen molar-refractivity contribution in [3.8, 4) is 11.5 Å². The van der Waals surface area contributed by atoms with E-state index >= 15 is 0 Å². The number of hydrogen-bond acceptors (Lipinski definition) is 4. The van der Waals surface area contributed by atoms with Crippen molar-refractivity contribution in [2.24, 2.45) is 0 Å². The van der Waals surface area contributed by atoms with Gasteiger partial charge in [-0.1, -0.05) is 30.3 Å². The molecule has 1 N–H and O–H groups in total. The molecular weight excluding hydrogens is 369 g/mol. The molecule has 0 radical (unpaired) electrons. The largest absolute Gasteiger partial charge is 0.573 e. The standard InChI is InChI=1S/C21H25F3N2O2/c1-26-12-6-9-18(20(26)15-7-4-3-5-8-15)25-14-16-13-17(28-21(22,23)24)10-11-19(16)27-2/h3-5,7-8,10-11,13,18,20,25H,6,9,12,14H2,1-2H3. The predicted octanol–water partition coefficient (Wildman–Crippen LogP) is 4.52. The molecule has 0 aliphatic carbocycles. The van der Waals surface area contributed by atoms with Crippen molar-refractivity contribution in [2.75, 3.05) is 20.7 Å². The summed E-state index contributed by atoms with van der Waals surface area (Å²) in [5, 5.41) is 3.52. The van der Waals surface area contributed by atoms with E-state index in [0.717, 1.165) is 19.4 Å². The fourth-order valence-electron chi connectivity index (χ4n) is 3.85. The van der Waals surface area contributed by atoms with Crippen LogP contribution in [-0.2, 0) is 6.54 Å². The zero-order valence-corrected chi connectivity index (χ0v) is 16.0. The fourth-order valence-corrected chi connectivity index (χ4v) is 3.85. The minimum atomic E-state index is -4.72. The number of benzene rings is 2. The molecule has 0 bridgehead atoms. The van der Waals surface area contributed by atoms with Gasteiger partial charge in [0.2, 0.25) is 0 Å². The van der Waals surface area contributed by atoms with Crippen molar-refractivity contribution >= 4 is 0 Å². The van der Waals surface area contributed by atoms with Crippen LogP contribution in [0.3, 0.4) is 0 Å². The number of hydrogen-bond donors (Lipinski definition) is 1. The number of nitrogens with one attached hydrogen (secondary N) is 1. The fraction of sp³-hybridized carbons (Fsp3) is 0.429. The van der Waals surface area contributed by atoms with Crippen LogP contribution in [0, 0.1) is 0 Å². The zero-order chi connectivity index (χ0) is 20.1. The average Bonchev–Trinajstić information content (AvgIpc) is 2.66. The summed E-state index contributed by atoms with van der Waals surface area (Å²) in [6, 6.07) is 14.8. The predicted molar refractivity (Wildman–Crippen MR) is 101 cm³/mol. The molecule has 7 heteroatoms. The number of alkyl halides is 3. The van der Waals surface area contributed by atoms with Crippen molar-refractivity contribution in [3.05, 3.63) is 59.7 Å². The van der Waals surface area contributed by atoms with E-state index in [2.05, 4.69) is 34.1 Å². The van der Waals surface area contributed by atoms with Gasteiger partial charge in [0.05, 0.1) is 7.11 Å². The number of piperidine rings is 1. The molecule has 1 saturated heterocycles. The maximum atomic E-state index is 12.5. The Balaban J connectivity index is 1.76. The first kappa shape index (κ1) is 20.5. The van der Waals surface area contributed by atoms with Gasteiger partial charge < -0.3 is 14.8 Å². The van der Waals surface area contributed by atoms with Crippen molar-refractivity contribution in [3.63, 3.8) is 0 Å². The number of likely N-dealkylation sites (N-methyl/N-ethyl adjacent to an activating group) is 1. The summed E-state index contributed by atoms with van der Waals surface area (Å²) < 4.78 is 47.0. The van der Waals surface area contributed by atoms with Crippen molar-refractivity contribution in [1.82, 2.24) is 10.2 Å². The van der Waals surface area contributed by atoms with Crippen molar-refractivity contribution < 1.29 is 22.6 Å². The molecule has 3 rings (SSSR count). The molecule has 0 saturated carbocycles. The van der Waals surface area contributed by atoms with E-state index in [0.29, 0.717) is 17.9 Å². The van der Waals surface area contributed by atoms with E-state index in [-0.39, 0.29) is 17.8 Å². The summed E-state index contributed by atoms with van der Waals surface area (Å²) in [6.07, 6.45) is -2.67. The van der Waals surface area contributed by atoms with Crippen LogP contribution in [-0.4, -0.2) is 38.0 Å². The lowest BCUT2D eigenvalue weighted by atomic mass is 9.90. The second-order valence-corrected chi connectivity index (χ2v) is 6.99. The van der Waals surface area contributed by atoms with Gasteiger partial charge in [-0.05, 0) is 50.2 Å². The smallest absolute Gasteiger partial charge is 0.496 e. The molecule has 2 aromatic carbocycles. The average molecular weight is 394 g/mol. The molecule has 28 heavy (non-hydrogen) atoms. The molecule has 0 amide bonds. The highest BCUT2D eigenvalue weighted by Crippen LogP contribution is 2.32. The zero-order valence-electron chi connectivity index (χ0n) is 16.0. The highest BCUT2D eigenvalue weighted by molar-refractivity contribution is 5.40. The molecule has 4 nitrogen and oxygen atoms in total. The first-order chi connectivity index (χ1) is 13.4. The number of rotatable bonds is 6. The molecular formula is C21H25F3N2O2. The monoisotopic (exact) mass is 394 g/mol. The van der Waals surface area contributed by atoms with Gasteiger partial charge in [0.15, 0.2) is 0 Å². The summed E-state index contributed by atoms with van der Waals surface area (Å²) in [4.78, 5) is 2.32. The van der Waals surface area contributed by atoms with E-state index in [1.54, 1.807) is 0 Å². The van der Waals surface area contributed by atoms with E-state index in [9.17, 15) is 13.2 Å².